The molecule has 0 atom stereocenters. The van der Waals surface area contributed by atoms with Crippen molar-refractivity contribution in [1.29, 1.82) is 0 Å². The highest BCUT2D eigenvalue weighted by Gasteiger charge is 2.18. The maximum absolute atomic E-state index is 5.11. The molecule has 0 fully saturated rings. The van der Waals surface area contributed by atoms with Gasteiger partial charge >= 0.3 is 0 Å². The molecule has 12 heavy (non-hydrogen) atoms. The Balaban J connectivity index is 4.12. The zero-order valence-electron chi connectivity index (χ0n) is 8.20. The summed E-state index contributed by atoms with van der Waals surface area (Å²) in [7, 11) is 5.00. The Morgan fingerprint density at radius 3 is 2.00 bits per heavy atom. The van der Waals surface area contributed by atoms with Crippen LogP contribution in [0.4, 0.5) is 0 Å². The third kappa shape index (κ3) is 3.94. The Labute approximate surface area is 79.4 Å². The van der Waals surface area contributed by atoms with E-state index in [4.69, 9.17) is 20.9 Å². The summed E-state index contributed by atoms with van der Waals surface area (Å²) in [5.74, 6) is 0. The maximum Gasteiger partial charge on any atom is 0.274 e. The minimum atomic E-state index is -2.28. The van der Waals surface area contributed by atoms with E-state index in [0.29, 0.717) is 6.04 Å². The lowest BCUT2D eigenvalue weighted by atomic mass is 10.4. The van der Waals surface area contributed by atoms with Gasteiger partial charge in [0.2, 0.25) is 0 Å². The molecule has 0 spiro atoms. The van der Waals surface area contributed by atoms with Crippen molar-refractivity contribution in [1.82, 2.24) is 10.2 Å². The quantitative estimate of drug-likeness (QED) is 0.549. The molecule has 0 aliphatic heterocycles. The van der Waals surface area contributed by atoms with E-state index in [0.717, 1.165) is 0 Å². The minimum absolute atomic E-state index is 0.359. The number of hydrazine groups is 1. The van der Waals surface area contributed by atoms with Gasteiger partial charge in [0, 0.05) is 27.3 Å². The number of rotatable bonds is 5. The molecule has 74 valence electrons. The molecule has 0 amide bonds. The van der Waals surface area contributed by atoms with Crippen molar-refractivity contribution in [2.45, 2.75) is 19.9 Å². The van der Waals surface area contributed by atoms with Gasteiger partial charge in [0.1, 0.15) is 0 Å². The van der Waals surface area contributed by atoms with E-state index in [1.165, 1.54) is 0 Å². The van der Waals surface area contributed by atoms with Crippen LogP contribution in [0.25, 0.3) is 0 Å². The molecule has 0 aliphatic carbocycles. The fourth-order valence-electron chi connectivity index (χ4n) is 0.465. The predicted molar refractivity (Wildman–Crippen MR) is 54.3 cm³/mol. The van der Waals surface area contributed by atoms with Crippen LogP contribution in [0.2, 0.25) is 0 Å². The number of nitrogens with zero attached hydrogens (tertiary/aromatic N) is 1. The summed E-state index contributed by atoms with van der Waals surface area (Å²) < 4.78 is 10.1. The number of hydrogen-bond donors (Lipinski definition) is 1. The largest absolute Gasteiger partial charge is 0.321 e. The lowest BCUT2D eigenvalue weighted by molar-refractivity contribution is 0.207. The third-order valence-corrected chi connectivity index (χ3v) is 4.20. The summed E-state index contributed by atoms with van der Waals surface area (Å²) in [4.78, 5) is 0. The highest BCUT2D eigenvalue weighted by Crippen LogP contribution is 2.42. The van der Waals surface area contributed by atoms with E-state index >= 15 is 0 Å². The van der Waals surface area contributed by atoms with Gasteiger partial charge in [-0.25, -0.2) is 5.01 Å². The van der Waals surface area contributed by atoms with E-state index in [1.54, 1.807) is 14.2 Å². The summed E-state index contributed by atoms with van der Waals surface area (Å²) in [6, 6.07) is 0.359. The first-order valence-corrected chi connectivity index (χ1v) is 6.31. The molecule has 0 unspecified atom stereocenters. The SMILES string of the molecule is COP(=S)(NN(C)C(C)C)OC. The Morgan fingerprint density at radius 1 is 1.33 bits per heavy atom. The van der Waals surface area contributed by atoms with E-state index in [2.05, 4.69) is 19.0 Å². The normalized spacial score (nSPS) is 12.9. The minimum Gasteiger partial charge on any atom is -0.321 e. The monoisotopic (exact) mass is 212 g/mol. The van der Waals surface area contributed by atoms with Crippen molar-refractivity contribution >= 4 is 18.4 Å². The van der Waals surface area contributed by atoms with Gasteiger partial charge in [-0.2, -0.15) is 5.20 Å². The molecule has 0 aromatic heterocycles. The van der Waals surface area contributed by atoms with Gasteiger partial charge in [-0.1, -0.05) is 0 Å². The molecule has 0 rings (SSSR count). The molecule has 0 saturated heterocycles. The smallest absolute Gasteiger partial charge is 0.274 e. The van der Waals surface area contributed by atoms with Gasteiger partial charge in [-0.3, -0.25) is 0 Å². The number of hydrogen-bond acceptors (Lipinski definition) is 4. The van der Waals surface area contributed by atoms with Gasteiger partial charge in [0.25, 0.3) is 6.64 Å². The Bertz CT molecular complexity index is 169. The van der Waals surface area contributed by atoms with Crippen molar-refractivity contribution in [3.05, 3.63) is 0 Å². The van der Waals surface area contributed by atoms with E-state index < -0.39 is 6.64 Å². The zero-order chi connectivity index (χ0) is 9.78. The van der Waals surface area contributed by atoms with Crippen molar-refractivity contribution in [3.63, 3.8) is 0 Å². The molecule has 0 saturated carbocycles. The first-order chi connectivity index (χ1) is 5.45. The van der Waals surface area contributed by atoms with Crippen molar-refractivity contribution in [3.8, 4) is 0 Å². The molecular weight excluding hydrogens is 195 g/mol. The molecule has 0 radical (unpaired) electrons. The summed E-state index contributed by atoms with van der Waals surface area (Å²) in [5, 5.41) is 4.89. The van der Waals surface area contributed by atoms with Crippen LogP contribution in [0.5, 0.6) is 0 Å². The maximum atomic E-state index is 5.11. The fourth-order valence-corrected chi connectivity index (χ4v) is 1.78. The van der Waals surface area contributed by atoms with Crippen LogP contribution in [-0.2, 0) is 20.9 Å². The summed E-state index contributed by atoms with van der Waals surface area (Å²) >= 11 is 5.11. The van der Waals surface area contributed by atoms with Crippen LogP contribution in [0.1, 0.15) is 13.8 Å². The second-order valence-corrected chi connectivity index (χ2v) is 6.03. The highest BCUT2D eigenvalue weighted by atomic mass is 32.5. The van der Waals surface area contributed by atoms with Gasteiger partial charge in [0.05, 0.1) is 0 Å². The fraction of sp³-hybridized carbons (Fsp3) is 1.00. The van der Waals surface area contributed by atoms with Crippen molar-refractivity contribution < 1.29 is 9.05 Å². The molecule has 0 aromatic carbocycles. The van der Waals surface area contributed by atoms with Crippen LogP contribution in [0.3, 0.4) is 0 Å². The highest BCUT2D eigenvalue weighted by molar-refractivity contribution is 8.08. The second kappa shape index (κ2) is 5.27. The van der Waals surface area contributed by atoms with Gasteiger partial charge in [-0.05, 0) is 25.7 Å². The van der Waals surface area contributed by atoms with Gasteiger partial charge < -0.3 is 9.05 Å². The molecule has 1 N–H and O–H groups in total. The Morgan fingerprint density at radius 2 is 1.75 bits per heavy atom. The topological polar surface area (TPSA) is 33.7 Å². The standard InChI is InChI=1S/C6H17N2O2PS/c1-6(2)8(3)7-11(12,9-4)10-5/h6H,1-5H3,(H,7,12). The predicted octanol–water partition coefficient (Wildman–Crippen LogP) is 1.35. The average Bonchev–Trinajstić information content (AvgIpc) is 2.04. The molecule has 0 aromatic rings. The first-order valence-electron chi connectivity index (χ1n) is 3.67. The molecule has 0 aliphatic rings. The van der Waals surface area contributed by atoms with E-state index in [9.17, 15) is 0 Å². The second-order valence-electron chi connectivity index (χ2n) is 2.67. The zero-order valence-corrected chi connectivity index (χ0v) is 9.91. The van der Waals surface area contributed by atoms with Crippen LogP contribution < -0.4 is 5.20 Å². The van der Waals surface area contributed by atoms with E-state index in [-0.39, 0.29) is 0 Å². The number of nitrogens with one attached hydrogen (secondary N) is 1. The lowest BCUT2D eigenvalue weighted by Crippen LogP contribution is -2.37. The molecule has 0 bridgehead atoms. The van der Waals surface area contributed by atoms with Crippen LogP contribution in [0.15, 0.2) is 0 Å². The molecule has 0 heterocycles. The Kier molecular flexibility index (Phi) is 5.48. The molecule has 6 heteroatoms. The van der Waals surface area contributed by atoms with E-state index in [1.807, 2.05) is 12.1 Å². The molecular formula is C6H17N2O2PS. The summed E-state index contributed by atoms with van der Waals surface area (Å²) in [6.45, 7) is 1.83. The lowest BCUT2D eigenvalue weighted by Gasteiger charge is -2.28. The first kappa shape index (κ1) is 12.5. The molecule has 4 nitrogen and oxygen atoms in total. The van der Waals surface area contributed by atoms with Crippen LogP contribution in [0, 0.1) is 0 Å². The summed E-state index contributed by atoms with van der Waals surface area (Å²) in [6.07, 6.45) is 0. The van der Waals surface area contributed by atoms with Crippen LogP contribution >= 0.6 is 6.64 Å². The van der Waals surface area contributed by atoms with Crippen LogP contribution in [-0.4, -0.2) is 32.3 Å². The summed E-state index contributed by atoms with van der Waals surface area (Å²) in [5.41, 5.74) is 0. The third-order valence-electron chi connectivity index (χ3n) is 1.54. The Hall–Kier alpha value is 0.490. The van der Waals surface area contributed by atoms with Crippen molar-refractivity contribution in [2.24, 2.45) is 0 Å². The van der Waals surface area contributed by atoms with Gasteiger partial charge in [-0.15, -0.1) is 0 Å². The van der Waals surface area contributed by atoms with Crippen molar-refractivity contribution in [2.75, 3.05) is 21.3 Å². The van der Waals surface area contributed by atoms with Gasteiger partial charge in [0.15, 0.2) is 0 Å². The average molecular weight is 212 g/mol.